The largest absolute Gasteiger partial charge is 0.303 e. The maximum Gasteiger partial charge on any atom is 0.179 e. The molecule has 1 aliphatic heterocycles. The number of rotatable bonds is 4. The van der Waals surface area contributed by atoms with Crippen molar-refractivity contribution < 1.29 is 4.48 Å². The molecular weight excluding hydrogens is 208 g/mol. The molecule has 0 N–H and O–H groups in total. The van der Waals surface area contributed by atoms with Crippen LogP contribution in [0.1, 0.15) is 54.4 Å². The highest BCUT2D eigenvalue weighted by atomic mass is 15.4. The fourth-order valence-corrected chi connectivity index (χ4v) is 2.76. The van der Waals surface area contributed by atoms with Gasteiger partial charge in [-0.15, -0.1) is 0 Å². The molecule has 100 valence electrons. The quantitative estimate of drug-likeness (QED) is 0.663. The van der Waals surface area contributed by atoms with E-state index in [0.717, 1.165) is 0 Å². The van der Waals surface area contributed by atoms with Gasteiger partial charge in [-0.3, -0.25) is 0 Å². The Labute approximate surface area is 108 Å². The van der Waals surface area contributed by atoms with Gasteiger partial charge in [0.1, 0.15) is 0 Å². The number of hydrogen-bond acceptors (Lipinski definition) is 1. The van der Waals surface area contributed by atoms with Gasteiger partial charge < -0.3 is 4.48 Å². The Morgan fingerprint density at radius 1 is 1.29 bits per heavy atom. The lowest BCUT2D eigenvalue weighted by Crippen LogP contribution is -2.60. The van der Waals surface area contributed by atoms with Gasteiger partial charge in [0.2, 0.25) is 0 Å². The monoisotopic (exact) mass is 239 g/mol. The Morgan fingerprint density at radius 2 is 1.94 bits per heavy atom. The van der Waals surface area contributed by atoms with Gasteiger partial charge >= 0.3 is 0 Å². The highest BCUT2D eigenvalue weighted by molar-refractivity contribution is 5.62. The fraction of sp³-hybridized carbons (Fsp3) is 0.933. The van der Waals surface area contributed by atoms with Crippen LogP contribution in [-0.4, -0.2) is 36.5 Å². The van der Waals surface area contributed by atoms with Crippen molar-refractivity contribution >= 4 is 6.21 Å². The summed E-state index contributed by atoms with van der Waals surface area (Å²) in [5.74, 6) is 0.621. The maximum absolute atomic E-state index is 4.80. The lowest BCUT2D eigenvalue weighted by atomic mass is 9.79. The summed E-state index contributed by atoms with van der Waals surface area (Å²) in [5, 5.41) is 0. The van der Waals surface area contributed by atoms with Gasteiger partial charge in [-0.2, -0.15) is 0 Å². The van der Waals surface area contributed by atoms with E-state index < -0.39 is 0 Å². The molecule has 2 heteroatoms. The molecule has 0 aliphatic carbocycles. The van der Waals surface area contributed by atoms with Gasteiger partial charge in [0.15, 0.2) is 6.17 Å². The summed E-state index contributed by atoms with van der Waals surface area (Å²) in [6.45, 7) is 17.7. The molecule has 17 heavy (non-hydrogen) atoms. The average Bonchev–Trinajstić information content (AvgIpc) is 2.27. The van der Waals surface area contributed by atoms with E-state index in [1.807, 2.05) is 0 Å². The second-order valence-corrected chi connectivity index (χ2v) is 6.70. The number of quaternary nitrogens is 1. The van der Waals surface area contributed by atoms with Crippen LogP contribution in [0.15, 0.2) is 4.99 Å². The van der Waals surface area contributed by atoms with Crippen molar-refractivity contribution in [2.45, 2.75) is 60.5 Å². The second kappa shape index (κ2) is 5.51. The van der Waals surface area contributed by atoms with Crippen LogP contribution in [0.2, 0.25) is 0 Å². The molecule has 3 unspecified atom stereocenters. The number of aliphatic imine (C=N–C) groups is 1. The Kier molecular flexibility index (Phi) is 4.77. The van der Waals surface area contributed by atoms with Crippen LogP contribution in [0.3, 0.4) is 0 Å². The topological polar surface area (TPSA) is 12.4 Å². The van der Waals surface area contributed by atoms with Crippen LogP contribution in [0, 0.1) is 11.3 Å². The summed E-state index contributed by atoms with van der Waals surface area (Å²) in [5.41, 5.74) is 0.342. The van der Waals surface area contributed by atoms with Crippen molar-refractivity contribution in [3.05, 3.63) is 0 Å². The van der Waals surface area contributed by atoms with Crippen molar-refractivity contribution in [2.24, 2.45) is 16.3 Å². The van der Waals surface area contributed by atoms with Gasteiger partial charge in [0, 0.05) is 19.1 Å². The molecule has 0 saturated heterocycles. The molecule has 0 saturated carbocycles. The van der Waals surface area contributed by atoms with Gasteiger partial charge in [0.25, 0.3) is 0 Å². The first-order valence-electron chi connectivity index (χ1n) is 7.25. The first kappa shape index (κ1) is 14.7. The van der Waals surface area contributed by atoms with E-state index in [1.165, 1.54) is 37.0 Å². The molecule has 0 spiro atoms. The predicted molar refractivity (Wildman–Crippen MR) is 76.3 cm³/mol. The normalized spacial score (nSPS) is 34.0. The molecule has 1 rings (SSSR count). The summed E-state index contributed by atoms with van der Waals surface area (Å²) in [6, 6.07) is 0. The van der Waals surface area contributed by atoms with Crippen LogP contribution in [-0.2, 0) is 0 Å². The predicted octanol–water partition coefficient (Wildman–Crippen LogP) is 3.72. The molecule has 0 aromatic rings. The Bertz CT molecular complexity index is 265. The smallest absolute Gasteiger partial charge is 0.179 e. The van der Waals surface area contributed by atoms with Crippen LogP contribution >= 0.6 is 0 Å². The minimum absolute atomic E-state index is 0.342. The van der Waals surface area contributed by atoms with Crippen molar-refractivity contribution in [1.82, 2.24) is 0 Å². The molecule has 3 atom stereocenters. The second-order valence-electron chi connectivity index (χ2n) is 6.70. The molecule has 0 aromatic heterocycles. The Balaban J connectivity index is 2.87. The fourth-order valence-electron chi connectivity index (χ4n) is 2.76. The van der Waals surface area contributed by atoms with E-state index in [4.69, 9.17) is 4.99 Å². The van der Waals surface area contributed by atoms with Crippen molar-refractivity contribution in [2.75, 3.05) is 19.6 Å². The molecule has 0 bridgehead atoms. The summed E-state index contributed by atoms with van der Waals surface area (Å²) in [7, 11) is 0. The van der Waals surface area contributed by atoms with Gasteiger partial charge in [-0.25, -0.2) is 4.99 Å². The molecule has 0 fully saturated rings. The molecular formula is C15H31N2+. The van der Waals surface area contributed by atoms with E-state index in [0.29, 0.717) is 17.5 Å². The third-order valence-electron chi connectivity index (χ3n) is 4.53. The zero-order chi connectivity index (χ0) is 13.1. The third-order valence-corrected chi connectivity index (χ3v) is 4.53. The SMILES string of the molecule is CCCC[N+]1(CC)CC(C(C)(C)C)C=NC1C. The maximum atomic E-state index is 4.80. The molecule has 0 radical (unpaired) electrons. The van der Waals surface area contributed by atoms with Gasteiger partial charge in [-0.1, -0.05) is 34.1 Å². The first-order valence-corrected chi connectivity index (χ1v) is 7.25. The Hall–Kier alpha value is -0.370. The summed E-state index contributed by atoms with van der Waals surface area (Å²) in [4.78, 5) is 4.80. The van der Waals surface area contributed by atoms with Crippen LogP contribution < -0.4 is 0 Å². The minimum Gasteiger partial charge on any atom is -0.303 e. The average molecular weight is 239 g/mol. The summed E-state index contributed by atoms with van der Waals surface area (Å²) < 4.78 is 1.19. The first-order chi connectivity index (χ1) is 7.85. The van der Waals surface area contributed by atoms with E-state index in [-0.39, 0.29) is 0 Å². The molecule has 0 aromatic carbocycles. The summed E-state index contributed by atoms with van der Waals surface area (Å²) >= 11 is 0. The standard InChI is InChI=1S/C15H31N2/c1-7-9-10-17(8-2)12-14(15(4,5)6)11-16-13(17)3/h11,13-14H,7-10,12H2,1-6H3/q+1. The molecule has 0 amide bonds. The van der Waals surface area contributed by atoms with Gasteiger partial charge in [-0.05, 0) is 18.8 Å². The van der Waals surface area contributed by atoms with Crippen LogP contribution in [0.4, 0.5) is 0 Å². The van der Waals surface area contributed by atoms with Crippen LogP contribution in [0.5, 0.6) is 0 Å². The molecule has 1 aliphatic rings. The minimum atomic E-state index is 0.342. The summed E-state index contributed by atoms with van der Waals surface area (Å²) in [6.07, 6.45) is 5.29. The van der Waals surface area contributed by atoms with E-state index in [1.54, 1.807) is 0 Å². The van der Waals surface area contributed by atoms with E-state index >= 15 is 0 Å². The molecule has 1 heterocycles. The van der Waals surface area contributed by atoms with Crippen molar-refractivity contribution in [1.29, 1.82) is 0 Å². The zero-order valence-electron chi connectivity index (χ0n) is 12.7. The molecule has 2 nitrogen and oxygen atoms in total. The highest BCUT2D eigenvalue weighted by Gasteiger charge is 2.40. The van der Waals surface area contributed by atoms with Crippen molar-refractivity contribution in [3.63, 3.8) is 0 Å². The highest BCUT2D eigenvalue weighted by Crippen LogP contribution is 2.32. The number of unbranched alkanes of at least 4 members (excludes halogenated alkanes) is 1. The lowest BCUT2D eigenvalue weighted by Gasteiger charge is -2.47. The van der Waals surface area contributed by atoms with Crippen molar-refractivity contribution in [3.8, 4) is 0 Å². The third kappa shape index (κ3) is 3.31. The van der Waals surface area contributed by atoms with Crippen LogP contribution in [0.25, 0.3) is 0 Å². The zero-order valence-corrected chi connectivity index (χ0v) is 12.7. The number of hydrogen-bond donors (Lipinski definition) is 0. The van der Waals surface area contributed by atoms with E-state index in [2.05, 4.69) is 47.8 Å². The van der Waals surface area contributed by atoms with Gasteiger partial charge in [0.05, 0.1) is 19.6 Å². The lowest BCUT2D eigenvalue weighted by molar-refractivity contribution is -0.951. The Morgan fingerprint density at radius 3 is 2.41 bits per heavy atom. The van der Waals surface area contributed by atoms with E-state index in [9.17, 15) is 0 Å². The number of nitrogens with zero attached hydrogens (tertiary/aromatic N) is 2.